The maximum atomic E-state index is 13.5. The summed E-state index contributed by atoms with van der Waals surface area (Å²) in [6, 6.07) is 4.69. The average molecular weight is 356 g/mol. The summed E-state index contributed by atoms with van der Waals surface area (Å²) in [5.74, 6) is -1.16. The van der Waals surface area contributed by atoms with Crippen molar-refractivity contribution >= 4 is 27.7 Å². The Morgan fingerprint density at radius 3 is 2.81 bits per heavy atom. The molecule has 0 aliphatic carbocycles. The molecule has 0 fully saturated rings. The highest BCUT2D eigenvalue weighted by Gasteiger charge is 2.13. The number of benzene rings is 1. The van der Waals surface area contributed by atoms with Gasteiger partial charge in [0.2, 0.25) is 0 Å². The molecule has 110 valence electrons. The molecule has 2 rings (SSSR count). The first-order valence-electron chi connectivity index (χ1n) is 6.06. The van der Waals surface area contributed by atoms with E-state index in [1.165, 1.54) is 0 Å². The van der Waals surface area contributed by atoms with Crippen molar-refractivity contribution in [1.82, 2.24) is 10.3 Å². The molecule has 0 aliphatic heterocycles. The van der Waals surface area contributed by atoms with Gasteiger partial charge >= 0.3 is 0 Å². The number of halogens is 3. The van der Waals surface area contributed by atoms with Crippen LogP contribution in [0.5, 0.6) is 0 Å². The number of nitrogens with one attached hydrogen (secondary N) is 2. The molecular formula is C14H12BrF2N3O. The molecule has 0 atom stereocenters. The van der Waals surface area contributed by atoms with Crippen LogP contribution in [0.4, 0.5) is 14.6 Å². The largest absolute Gasteiger partial charge is 0.372 e. The Labute approximate surface area is 128 Å². The Morgan fingerprint density at radius 1 is 1.33 bits per heavy atom. The molecule has 1 aromatic carbocycles. The van der Waals surface area contributed by atoms with Gasteiger partial charge in [-0.25, -0.2) is 13.8 Å². The van der Waals surface area contributed by atoms with Gasteiger partial charge in [-0.15, -0.1) is 0 Å². The number of aromatic nitrogens is 1. The van der Waals surface area contributed by atoms with Crippen LogP contribution in [0.25, 0.3) is 0 Å². The van der Waals surface area contributed by atoms with Crippen LogP contribution in [0.15, 0.2) is 34.9 Å². The number of nitrogens with zero attached hydrogens (tertiary/aromatic N) is 1. The van der Waals surface area contributed by atoms with Crippen molar-refractivity contribution in [1.29, 1.82) is 0 Å². The third kappa shape index (κ3) is 3.75. The van der Waals surface area contributed by atoms with E-state index in [2.05, 4.69) is 31.5 Å². The molecule has 0 saturated carbocycles. The zero-order chi connectivity index (χ0) is 15.4. The predicted molar refractivity (Wildman–Crippen MR) is 79.0 cm³/mol. The van der Waals surface area contributed by atoms with E-state index in [4.69, 9.17) is 0 Å². The van der Waals surface area contributed by atoms with E-state index in [-0.39, 0.29) is 12.1 Å². The molecular weight excluding hydrogens is 344 g/mol. The number of carbonyl (C=O) groups excluding carboxylic acids is 1. The Balaban J connectivity index is 2.15. The quantitative estimate of drug-likeness (QED) is 0.885. The lowest BCUT2D eigenvalue weighted by atomic mass is 10.2. The van der Waals surface area contributed by atoms with Gasteiger partial charge in [0.25, 0.3) is 5.91 Å². The van der Waals surface area contributed by atoms with E-state index in [1.54, 1.807) is 19.3 Å². The summed E-state index contributed by atoms with van der Waals surface area (Å²) in [6.45, 7) is -0.113. The predicted octanol–water partition coefficient (Wildman–Crippen LogP) is 3.09. The highest BCUT2D eigenvalue weighted by atomic mass is 79.9. The van der Waals surface area contributed by atoms with Gasteiger partial charge in [0.1, 0.15) is 17.5 Å². The molecule has 1 amide bonds. The van der Waals surface area contributed by atoms with Crippen molar-refractivity contribution in [3.05, 3.63) is 57.7 Å². The van der Waals surface area contributed by atoms with Crippen molar-refractivity contribution in [3.8, 4) is 0 Å². The lowest BCUT2D eigenvalue weighted by Crippen LogP contribution is -2.24. The molecule has 0 radical (unpaired) electrons. The van der Waals surface area contributed by atoms with Gasteiger partial charge in [0, 0.05) is 29.8 Å². The molecule has 2 aromatic rings. The van der Waals surface area contributed by atoms with Crippen molar-refractivity contribution in [3.63, 3.8) is 0 Å². The van der Waals surface area contributed by atoms with Crippen molar-refractivity contribution in [2.24, 2.45) is 0 Å². The minimum atomic E-state index is -0.571. The third-order valence-electron chi connectivity index (χ3n) is 2.78. The van der Waals surface area contributed by atoms with Gasteiger partial charge in [0.05, 0.1) is 5.56 Å². The van der Waals surface area contributed by atoms with Crippen LogP contribution in [-0.2, 0) is 6.54 Å². The number of anilines is 1. The van der Waals surface area contributed by atoms with Crippen LogP contribution in [0.3, 0.4) is 0 Å². The molecule has 7 heteroatoms. The maximum absolute atomic E-state index is 13.5. The Bertz CT molecular complexity index is 679. The monoisotopic (exact) mass is 355 g/mol. The summed E-state index contributed by atoms with van der Waals surface area (Å²) in [7, 11) is 1.64. The normalized spacial score (nSPS) is 10.3. The van der Waals surface area contributed by atoms with Crippen LogP contribution in [0.2, 0.25) is 0 Å². The van der Waals surface area contributed by atoms with E-state index >= 15 is 0 Å². The second-order valence-electron chi connectivity index (χ2n) is 4.22. The molecule has 0 bridgehead atoms. The maximum Gasteiger partial charge on any atom is 0.255 e. The molecule has 4 nitrogen and oxygen atoms in total. The SMILES string of the molecule is CNc1ncc(Br)cc1C(=O)NCc1cc(F)ccc1F. The zero-order valence-electron chi connectivity index (χ0n) is 11.1. The highest BCUT2D eigenvalue weighted by Crippen LogP contribution is 2.18. The van der Waals surface area contributed by atoms with Crippen molar-refractivity contribution in [2.75, 3.05) is 12.4 Å². The first-order valence-corrected chi connectivity index (χ1v) is 6.86. The lowest BCUT2D eigenvalue weighted by Gasteiger charge is -2.10. The smallest absolute Gasteiger partial charge is 0.255 e. The number of rotatable bonds is 4. The summed E-state index contributed by atoms with van der Waals surface area (Å²) in [4.78, 5) is 16.2. The average Bonchev–Trinajstić information content (AvgIpc) is 2.47. The van der Waals surface area contributed by atoms with Crippen LogP contribution < -0.4 is 10.6 Å². The van der Waals surface area contributed by atoms with E-state index in [0.717, 1.165) is 18.2 Å². The highest BCUT2D eigenvalue weighted by molar-refractivity contribution is 9.10. The second-order valence-corrected chi connectivity index (χ2v) is 5.13. The summed E-state index contributed by atoms with van der Waals surface area (Å²) in [5, 5.41) is 5.33. The van der Waals surface area contributed by atoms with E-state index < -0.39 is 17.5 Å². The first-order chi connectivity index (χ1) is 10.0. The van der Waals surface area contributed by atoms with Crippen molar-refractivity contribution in [2.45, 2.75) is 6.54 Å². The van der Waals surface area contributed by atoms with Gasteiger partial charge in [-0.2, -0.15) is 0 Å². The topological polar surface area (TPSA) is 54.0 Å². The second kappa shape index (κ2) is 6.62. The van der Waals surface area contributed by atoms with E-state index in [1.807, 2.05) is 0 Å². The van der Waals surface area contributed by atoms with Crippen LogP contribution >= 0.6 is 15.9 Å². The summed E-state index contributed by atoms with van der Waals surface area (Å²) < 4.78 is 27.2. The summed E-state index contributed by atoms with van der Waals surface area (Å²) in [5.41, 5.74) is 0.390. The fourth-order valence-electron chi connectivity index (χ4n) is 1.76. The summed E-state index contributed by atoms with van der Waals surface area (Å²) in [6.07, 6.45) is 1.55. The number of hydrogen-bond acceptors (Lipinski definition) is 3. The van der Waals surface area contributed by atoms with Gasteiger partial charge in [-0.05, 0) is 40.2 Å². The van der Waals surface area contributed by atoms with E-state index in [9.17, 15) is 13.6 Å². The Hall–Kier alpha value is -2.02. The minimum Gasteiger partial charge on any atom is -0.372 e. The Morgan fingerprint density at radius 2 is 2.10 bits per heavy atom. The van der Waals surface area contributed by atoms with Gasteiger partial charge < -0.3 is 10.6 Å². The van der Waals surface area contributed by atoms with Gasteiger partial charge in [0.15, 0.2) is 0 Å². The van der Waals surface area contributed by atoms with Gasteiger partial charge in [-0.1, -0.05) is 0 Å². The van der Waals surface area contributed by atoms with Crippen LogP contribution in [0.1, 0.15) is 15.9 Å². The number of carbonyl (C=O) groups is 1. The number of pyridine rings is 1. The first kappa shape index (κ1) is 15.4. The fourth-order valence-corrected chi connectivity index (χ4v) is 2.09. The standard InChI is InChI=1S/C14H12BrF2N3O/c1-18-13-11(5-9(15)7-19-13)14(21)20-6-8-4-10(16)2-3-12(8)17/h2-5,7H,6H2,1H3,(H,18,19)(H,20,21). The third-order valence-corrected chi connectivity index (χ3v) is 3.22. The molecule has 2 N–H and O–H groups in total. The lowest BCUT2D eigenvalue weighted by molar-refractivity contribution is 0.0951. The molecule has 0 spiro atoms. The number of hydrogen-bond donors (Lipinski definition) is 2. The van der Waals surface area contributed by atoms with Crippen molar-refractivity contribution < 1.29 is 13.6 Å². The molecule has 0 saturated heterocycles. The molecule has 0 aliphatic rings. The van der Waals surface area contributed by atoms with E-state index in [0.29, 0.717) is 15.9 Å². The Kier molecular flexibility index (Phi) is 4.85. The molecule has 1 heterocycles. The fraction of sp³-hybridized carbons (Fsp3) is 0.143. The van der Waals surface area contributed by atoms with Crippen LogP contribution in [-0.4, -0.2) is 17.9 Å². The molecule has 1 aromatic heterocycles. The van der Waals surface area contributed by atoms with Crippen LogP contribution in [0, 0.1) is 11.6 Å². The zero-order valence-corrected chi connectivity index (χ0v) is 12.7. The molecule has 0 unspecified atom stereocenters. The summed E-state index contributed by atoms with van der Waals surface area (Å²) >= 11 is 3.23. The minimum absolute atomic E-state index is 0.0808. The number of amides is 1. The van der Waals surface area contributed by atoms with Gasteiger partial charge in [-0.3, -0.25) is 4.79 Å². The molecule has 21 heavy (non-hydrogen) atoms.